The number of fused-ring (bicyclic) bond motifs is 1. The number of ether oxygens (including phenoxy) is 2. The SMILES string of the molecule is Cc1ccc(NC(=O)CN2C(=O)CCOc3ccccc32)cc1S(=O)(=O)N1CCOCC1. The summed E-state index contributed by atoms with van der Waals surface area (Å²) in [6.45, 7) is 3.03. The largest absolute Gasteiger partial charge is 0.491 e. The molecule has 9 nitrogen and oxygen atoms in total. The molecular weight excluding hydrogens is 434 g/mol. The Labute approximate surface area is 187 Å². The Morgan fingerprint density at radius 1 is 1.09 bits per heavy atom. The van der Waals surface area contributed by atoms with Gasteiger partial charge in [-0.25, -0.2) is 8.42 Å². The van der Waals surface area contributed by atoms with Crippen molar-refractivity contribution in [2.45, 2.75) is 18.2 Å². The second-order valence-corrected chi connectivity index (χ2v) is 9.50. The number of rotatable bonds is 5. The number of anilines is 2. The van der Waals surface area contributed by atoms with Gasteiger partial charge in [0.2, 0.25) is 21.8 Å². The van der Waals surface area contributed by atoms with E-state index < -0.39 is 15.9 Å². The quantitative estimate of drug-likeness (QED) is 0.731. The van der Waals surface area contributed by atoms with Crippen LogP contribution < -0.4 is 15.0 Å². The van der Waals surface area contributed by atoms with Crippen LogP contribution in [0.15, 0.2) is 47.4 Å². The van der Waals surface area contributed by atoms with Crippen LogP contribution in [0.1, 0.15) is 12.0 Å². The number of nitrogens with one attached hydrogen (secondary N) is 1. The Morgan fingerprint density at radius 2 is 1.84 bits per heavy atom. The second kappa shape index (κ2) is 9.27. The molecule has 1 saturated heterocycles. The highest BCUT2D eigenvalue weighted by Crippen LogP contribution is 2.31. The molecule has 32 heavy (non-hydrogen) atoms. The van der Waals surface area contributed by atoms with E-state index in [4.69, 9.17) is 9.47 Å². The standard InChI is InChI=1S/C22H25N3O6S/c1-16-6-7-17(14-20(16)32(28,29)24-9-12-30-13-10-24)23-21(26)15-25-18-4-2-3-5-19(18)31-11-8-22(25)27/h2-7,14H,8-13,15H2,1H3,(H,23,26). The Kier molecular flexibility index (Phi) is 6.45. The minimum Gasteiger partial charge on any atom is -0.491 e. The van der Waals surface area contributed by atoms with E-state index in [1.165, 1.54) is 15.3 Å². The van der Waals surface area contributed by atoms with Gasteiger partial charge in [0.1, 0.15) is 12.3 Å². The van der Waals surface area contributed by atoms with E-state index in [0.29, 0.717) is 35.9 Å². The van der Waals surface area contributed by atoms with Gasteiger partial charge in [-0.05, 0) is 36.8 Å². The lowest BCUT2D eigenvalue weighted by atomic mass is 10.2. The van der Waals surface area contributed by atoms with Crippen LogP contribution in [-0.2, 0) is 24.3 Å². The van der Waals surface area contributed by atoms with E-state index in [1.807, 2.05) is 0 Å². The topological polar surface area (TPSA) is 105 Å². The molecule has 2 aliphatic heterocycles. The summed E-state index contributed by atoms with van der Waals surface area (Å²) in [7, 11) is -3.71. The molecule has 0 bridgehead atoms. The van der Waals surface area contributed by atoms with E-state index >= 15 is 0 Å². The predicted octanol–water partition coefficient (Wildman–Crippen LogP) is 1.77. The molecule has 0 aromatic heterocycles. The van der Waals surface area contributed by atoms with Crippen molar-refractivity contribution < 1.29 is 27.5 Å². The molecule has 1 fully saturated rings. The number of hydrogen-bond acceptors (Lipinski definition) is 6. The van der Waals surface area contributed by atoms with Crippen LogP contribution >= 0.6 is 0 Å². The van der Waals surface area contributed by atoms with Crippen molar-refractivity contribution in [2.75, 3.05) is 49.7 Å². The summed E-state index contributed by atoms with van der Waals surface area (Å²) < 4.78 is 38.4. The number of amides is 2. The average Bonchev–Trinajstić information content (AvgIpc) is 2.94. The van der Waals surface area contributed by atoms with Crippen molar-refractivity contribution in [3.8, 4) is 5.75 Å². The predicted molar refractivity (Wildman–Crippen MR) is 118 cm³/mol. The average molecular weight is 460 g/mol. The Morgan fingerprint density at radius 3 is 2.62 bits per heavy atom. The lowest BCUT2D eigenvalue weighted by Gasteiger charge is -2.27. The smallest absolute Gasteiger partial charge is 0.244 e. The van der Waals surface area contributed by atoms with E-state index in [9.17, 15) is 18.0 Å². The normalized spacial score (nSPS) is 17.3. The Hall–Kier alpha value is -2.95. The van der Waals surface area contributed by atoms with Crippen LogP contribution in [0.4, 0.5) is 11.4 Å². The fourth-order valence-corrected chi connectivity index (χ4v) is 5.38. The molecule has 0 aliphatic carbocycles. The van der Waals surface area contributed by atoms with Gasteiger partial charge in [0.05, 0.1) is 36.8 Å². The van der Waals surface area contributed by atoms with Gasteiger partial charge in [0.25, 0.3) is 0 Å². The summed E-state index contributed by atoms with van der Waals surface area (Å²) in [5.41, 5.74) is 1.46. The molecule has 2 aromatic rings. The molecular formula is C22H25N3O6S. The Balaban J connectivity index is 1.53. The summed E-state index contributed by atoms with van der Waals surface area (Å²) >= 11 is 0. The van der Waals surface area contributed by atoms with Crippen molar-refractivity contribution in [1.82, 2.24) is 4.31 Å². The first-order valence-electron chi connectivity index (χ1n) is 10.4. The van der Waals surface area contributed by atoms with Gasteiger partial charge in [-0.3, -0.25) is 14.5 Å². The number of carbonyl (C=O) groups is 2. The minimum absolute atomic E-state index is 0.141. The third kappa shape index (κ3) is 4.62. The van der Waals surface area contributed by atoms with Crippen LogP contribution in [-0.4, -0.2) is 64.0 Å². The molecule has 0 atom stereocenters. The van der Waals surface area contributed by atoms with Crippen LogP contribution in [0.5, 0.6) is 5.75 Å². The summed E-state index contributed by atoms with van der Waals surface area (Å²) in [4.78, 5) is 26.8. The van der Waals surface area contributed by atoms with E-state index in [1.54, 1.807) is 43.3 Å². The number of para-hydroxylation sites is 2. The summed E-state index contributed by atoms with van der Waals surface area (Å²) in [6.07, 6.45) is 0.161. The zero-order valence-electron chi connectivity index (χ0n) is 17.7. The van der Waals surface area contributed by atoms with Gasteiger partial charge in [0.15, 0.2) is 0 Å². The first-order valence-corrected chi connectivity index (χ1v) is 11.8. The maximum Gasteiger partial charge on any atom is 0.244 e. The number of benzene rings is 2. The van der Waals surface area contributed by atoms with Crippen LogP contribution in [0.25, 0.3) is 0 Å². The van der Waals surface area contributed by atoms with E-state index in [-0.39, 0.29) is 43.5 Å². The molecule has 2 heterocycles. The third-order valence-electron chi connectivity index (χ3n) is 5.39. The lowest BCUT2D eigenvalue weighted by Crippen LogP contribution is -2.41. The third-order valence-corrected chi connectivity index (χ3v) is 7.43. The molecule has 170 valence electrons. The monoisotopic (exact) mass is 459 g/mol. The Bertz CT molecular complexity index is 1130. The van der Waals surface area contributed by atoms with Crippen LogP contribution in [0.2, 0.25) is 0 Å². The number of aryl methyl sites for hydroxylation is 1. The number of hydrogen-bond donors (Lipinski definition) is 1. The first-order chi connectivity index (χ1) is 15.4. The maximum atomic E-state index is 13.1. The number of sulfonamides is 1. The van der Waals surface area contributed by atoms with Crippen molar-refractivity contribution in [3.63, 3.8) is 0 Å². The van der Waals surface area contributed by atoms with E-state index in [2.05, 4.69) is 5.32 Å². The summed E-state index contributed by atoms with van der Waals surface area (Å²) in [5.74, 6) is -0.112. The second-order valence-electron chi connectivity index (χ2n) is 7.59. The van der Waals surface area contributed by atoms with Crippen molar-refractivity contribution in [2.24, 2.45) is 0 Å². The van der Waals surface area contributed by atoms with Gasteiger partial charge in [-0.15, -0.1) is 0 Å². The molecule has 2 aliphatic rings. The number of nitrogens with zero attached hydrogens (tertiary/aromatic N) is 2. The zero-order valence-corrected chi connectivity index (χ0v) is 18.6. The highest BCUT2D eigenvalue weighted by molar-refractivity contribution is 7.89. The fraction of sp³-hybridized carbons (Fsp3) is 0.364. The van der Waals surface area contributed by atoms with Gasteiger partial charge in [-0.2, -0.15) is 4.31 Å². The highest BCUT2D eigenvalue weighted by Gasteiger charge is 2.29. The minimum atomic E-state index is -3.71. The molecule has 0 saturated carbocycles. The van der Waals surface area contributed by atoms with Crippen molar-refractivity contribution in [3.05, 3.63) is 48.0 Å². The van der Waals surface area contributed by atoms with Gasteiger partial charge < -0.3 is 14.8 Å². The molecule has 0 unspecified atom stereocenters. The number of morpholine rings is 1. The molecule has 2 aromatic carbocycles. The van der Waals surface area contributed by atoms with Gasteiger partial charge in [-0.1, -0.05) is 18.2 Å². The van der Waals surface area contributed by atoms with Crippen molar-refractivity contribution in [1.29, 1.82) is 0 Å². The lowest BCUT2D eigenvalue weighted by molar-refractivity contribution is -0.121. The van der Waals surface area contributed by atoms with Crippen LogP contribution in [0, 0.1) is 6.92 Å². The number of carbonyl (C=O) groups excluding carboxylic acids is 2. The van der Waals surface area contributed by atoms with E-state index in [0.717, 1.165) is 0 Å². The summed E-state index contributed by atoms with van der Waals surface area (Å²) in [6, 6.07) is 11.8. The summed E-state index contributed by atoms with van der Waals surface area (Å²) in [5, 5.41) is 2.72. The molecule has 0 spiro atoms. The maximum absolute atomic E-state index is 13.1. The molecule has 0 radical (unpaired) electrons. The molecule has 1 N–H and O–H groups in total. The van der Waals surface area contributed by atoms with Gasteiger partial charge >= 0.3 is 0 Å². The van der Waals surface area contributed by atoms with Gasteiger partial charge in [0, 0.05) is 18.8 Å². The zero-order chi connectivity index (χ0) is 22.7. The molecule has 4 rings (SSSR count). The van der Waals surface area contributed by atoms with Crippen molar-refractivity contribution >= 4 is 33.2 Å². The highest BCUT2D eigenvalue weighted by atomic mass is 32.2. The fourth-order valence-electron chi connectivity index (χ4n) is 3.72. The van der Waals surface area contributed by atoms with Crippen LogP contribution in [0.3, 0.4) is 0 Å². The molecule has 2 amide bonds. The first kappa shape index (κ1) is 22.3. The molecule has 10 heteroatoms.